The first-order valence-corrected chi connectivity index (χ1v) is 18.9. The van der Waals surface area contributed by atoms with E-state index < -0.39 is 11.9 Å². The Balaban J connectivity index is 0.000000178. The Bertz CT molecular complexity index is 1760. The number of carboxylic acids is 2. The summed E-state index contributed by atoms with van der Waals surface area (Å²) < 4.78 is 23.8. The number of rotatable bonds is 10. The number of aromatic carboxylic acids is 2. The van der Waals surface area contributed by atoms with Crippen molar-refractivity contribution in [1.82, 2.24) is 0 Å². The monoisotopic (exact) mass is 897 g/mol. The number of hydrogen-bond donors (Lipinski definition) is 0. The minimum Gasteiger partial charge on any atom is -0.545 e. The van der Waals surface area contributed by atoms with Gasteiger partial charge < -0.3 is 38.7 Å². The van der Waals surface area contributed by atoms with E-state index in [1.54, 1.807) is 0 Å². The van der Waals surface area contributed by atoms with Crippen LogP contribution < -0.4 is 19.7 Å². The van der Waals surface area contributed by atoms with E-state index in [0.29, 0.717) is 73.7 Å². The van der Waals surface area contributed by atoms with Gasteiger partial charge in [-0.2, -0.15) is 0 Å². The summed E-state index contributed by atoms with van der Waals surface area (Å²) >= 11 is 0. The quantitative estimate of drug-likeness (QED) is 0.141. The summed E-state index contributed by atoms with van der Waals surface area (Å²) in [6, 6.07) is 22.9. The summed E-state index contributed by atoms with van der Waals surface area (Å²) in [6.07, 6.45) is 14.8. The molecule has 0 spiro atoms. The zero-order valence-corrected chi connectivity index (χ0v) is 32.3. The first-order chi connectivity index (χ1) is 25.4. The fourth-order valence-corrected chi connectivity index (χ4v) is 8.07. The molecule has 9 heteroatoms. The molecule has 0 bridgehead atoms. The van der Waals surface area contributed by atoms with E-state index in [9.17, 15) is 19.8 Å². The van der Waals surface area contributed by atoms with Gasteiger partial charge in [0.15, 0.2) is 0 Å². The fourth-order valence-electron chi connectivity index (χ4n) is 8.07. The molecule has 0 aromatic heterocycles. The van der Waals surface area contributed by atoms with Crippen LogP contribution >= 0.6 is 0 Å². The van der Waals surface area contributed by atoms with Crippen molar-refractivity contribution in [2.75, 3.05) is 13.2 Å². The molecule has 2 aliphatic carbocycles. The number of ether oxygens (including phenoxy) is 4. The second-order valence-electron chi connectivity index (χ2n) is 14.3. The van der Waals surface area contributed by atoms with Crippen LogP contribution in [-0.2, 0) is 56.2 Å². The molecule has 0 saturated heterocycles. The number of benzene rings is 4. The summed E-state index contributed by atoms with van der Waals surface area (Å²) in [5.41, 5.74) is 5.48. The first kappa shape index (κ1) is 38.7. The second kappa shape index (κ2) is 18.4. The Morgan fingerprint density at radius 1 is 0.547 bits per heavy atom. The standard InChI is InChI=1S/2C22H24O4.Pt/c2*23-22(24)21-15(12-13-25-17-7-2-1-3-8-17)10-11-20-18(21)14-16-6-4-5-9-19(16)26-20;/h2*4-6,9-11,17H,1-3,7-8,12-14H2,(H,23,24);/q;;+2/p-2. The van der Waals surface area contributed by atoms with Crippen LogP contribution in [0.15, 0.2) is 72.8 Å². The van der Waals surface area contributed by atoms with Crippen LogP contribution in [0.1, 0.15) is 118 Å². The third-order valence-corrected chi connectivity index (χ3v) is 10.8. The van der Waals surface area contributed by atoms with Gasteiger partial charge >= 0.3 is 21.1 Å². The van der Waals surface area contributed by atoms with Crippen LogP contribution in [0.5, 0.6) is 23.0 Å². The van der Waals surface area contributed by atoms with E-state index in [-0.39, 0.29) is 32.2 Å². The van der Waals surface area contributed by atoms with Crippen LogP contribution in [0.3, 0.4) is 0 Å². The van der Waals surface area contributed by atoms with Gasteiger partial charge in [0.05, 0.1) is 37.4 Å². The van der Waals surface area contributed by atoms with Gasteiger partial charge in [-0.3, -0.25) is 0 Å². The van der Waals surface area contributed by atoms with Crippen molar-refractivity contribution in [3.8, 4) is 23.0 Å². The second-order valence-corrected chi connectivity index (χ2v) is 14.3. The van der Waals surface area contributed by atoms with Crippen molar-refractivity contribution in [2.24, 2.45) is 0 Å². The van der Waals surface area contributed by atoms with E-state index in [0.717, 1.165) is 59.4 Å². The summed E-state index contributed by atoms with van der Waals surface area (Å²) in [6.45, 7) is 1.09. The zero-order valence-electron chi connectivity index (χ0n) is 30.0. The molecular formula is C44H46O8Pt. The third-order valence-electron chi connectivity index (χ3n) is 10.8. The molecule has 2 fully saturated rings. The number of fused-ring (bicyclic) bond motifs is 4. The molecular weight excluding hydrogens is 852 g/mol. The molecule has 0 unspecified atom stereocenters. The average Bonchev–Trinajstić information content (AvgIpc) is 3.17. The Hall–Kier alpha value is -3.97. The summed E-state index contributed by atoms with van der Waals surface area (Å²) in [5.74, 6) is 0.519. The molecule has 2 saturated carbocycles. The molecule has 0 amide bonds. The van der Waals surface area contributed by atoms with Gasteiger partial charge in [-0.15, -0.1) is 0 Å². The molecule has 0 atom stereocenters. The largest absolute Gasteiger partial charge is 2.00 e. The van der Waals surface area contributed by atoms with Crippen LogP contribution in [0.2, 0.25) is 0 Å². The van der Waals surface area contributed by atoms with Gasteiger partial charge in [0.2, 0.25) is 0 Å². The third kappa shape index (κ3) is 9.40. The van der Waals surface area contributed by atoms with Gasteiger partial charge in [0, 0.05) is 35.1 Å². The Morgan fingerprint density at radius 3 is 1.34 bits per heavy atom. The average molecular weight is 898 g/mol. The summed E-state index contributed by atoms with van der Waals surface area (Å²) in [7, 11) is 0. The fraction of sp³-hybridized carbons (Fsp3) is 0.409. The number of carbonyl (C=O) groups excluding carboxylic acids is 2. The van der Waals surface area contributed by atoms with E-state index in [2.05, 4.69) is 0 Å². The van der Waals surface area contributed by atoms with Crippen molar-refractivity contribution in [3.63, 3.8) is 0 Å². The Kier molecular flexibility index (Phi) is 13.4. The number of carbonyl (C=O) groups is 2. The molecule has 8 nitrogen and oxygen atoms in total. The SMILES string of the molecule is O=C([O-])c1c(CCOC2CCCCC2)ccc2c1Cc1ccccc1O2.O=C([O-])c1c(CCOC2CCCCC2)ccc2c1Cc1ccccc1O2.[Pt+2]. The maximum absolute atomic E-state index is 11.9. The smallest absolute Gasteiger partial charge is 0.545 e. The zero-order chi connectivity index (χ0) is 35.9. The van der Waals surface area contributed by atoms with Crippen molar-refractivity contribution >= 4 is 11.9 Å². The molecule has 4 aliphatic rings. The molecule has 53 heavy (non-hydrogen) atoms. The molecule has 0 radical (unpaired) electrons. The van der Waals surface area contributed by atoms with Crippen LogP contribution in [0.25, 0.3) is 0 Å². The molecule has 8 rings (SSSR count). The number of carboxylic acid groups (broad SMARTS) is 2. The van der Waals surface area contributed by atoms with Crippen molar-refractivity contribution < 1.29 is 59.8 Å². The Morgan fingerprint density at radius 2 is 0.943 bits per heavy atom. The minimum atomic E-state index is -1.14. The first-order valence-electron chi connectivity index (χ1n) is 18.9. The van der Waals surface area contributed by atoms with Gasteiger partial charge in [-0.1, -0.05) is 87.1 Å². The van der Waals surface area contributed by atoms with E-state index >= 15 is 0 Å². The summed E-state index contributed by atoms with van der Waals surface area (Å²) in [4.78, 5) is 23.7. The van der Waals surface area contributed by atoms with Crippen LogP contribution in [0.4, 0.5) is 0 Å². The maximum Gasteiger partial charge on any atom is 2.00 e. The minimum absolute atomic E-state index is 0. The maximum atomic E-state index is 11.9. The Labute approximate surface area is 326 Å². The number of hydrogen-bond acceptors (Lipinski definition) is 8. The van der Waals surface area contributed by atoms with Crippen LogP contribution in [-0.4, -0.2) is 37.4 Å². The normalized spacial score (nSPS) is 16.2. The summed E-state index contributed by atoms with van der Waals surface area (Å²) in [5, 5.41) is 23.7. The van der Waals surface area contributed by atoms with Crippen LogP contribution in [0, 0.1) is 0 Å². The molecule has 4 aromatic rings. The van der Waals surface area contributed by atoms with Gasteiger partial charge in [0.1, 0.15) is 23.0 Å². The van der Waals surface area contributed by atoms with E-state index in [1.165, 1.54) is 38.5 Å². The topological polar surface area (TPSA) is 117 Å². The van der Waals surface area contributed by atoms with Gasteiger partial charge in [0.25, 0.3) is 0 Å². The van der Waals surface area contributed by atoms with Crippen molar-refractivity contribution in [3.05, 3.63) is 117 Å². The van der Waals surface area contributed by atoms with Gasteiger partial charge in [-0.25, -0.2) is 0 Å². The molecule has 2 aliphatic heterocycles. The van der Waals surface area contributed by atoms with Crippen molar-refractivity contribution in [1.29, 1.82) is 0 Å². The molecule has 280 valence electrons. The predicted molar refractivity (Wildman–Crippen MR) is 193 cm³/mol. The van der Waals surface area contributed by atoms with E-state index in [4.69, 9.17) is 18.9 Å². The van der Waals surface area contributed by atoms with Crippen molar-refractivity contribution in [2.45, 2.75) is 102 Å². The molecule has 2 heterocycles. The molecule has 4 aromatic carbocycles. The molecule has 0 N–H and O–H groups in total. The van der Waals surface area contributed by atoms with Gasteiger partial charge in [-0.05, 0) is 85.0 Å². The number of para-hydroxylation sites is 2. The predicted octanol–water partition coefficient (Wildman–Crippen LogP) is 7.27. The van der Waals surface area contributed by atoms with E-state index in [1.807, 2.05) is 72.8 Å².